The van der Waals surface area contributed by atoms with Gasteiger partial charge in [0.15, 0.2) is 5.60 Å². The summed E-state index contributed by atoms with van der Waals surface area (Å²) in [4.78, 5) is 35.5. The molecule has 0 atom stereocenters. The van der Waals surface area contributed by atoms with E-state index < -0.39 is 36.2 Å². The predicted octanol–water partition coefficient (Wildman–Crippen LogP) is -0.596. The molecule has 0 aliphatic carbocycles. The van der Waals surface area contributed by atoms with Crippen LogP contribution in [0, 0.1) is 0 Å². The highest BCUT2D eigenvalue weighted by atomic mass is 16.3. The van der Waals surface area contributed by atoms with Crippen LogP contribution in [0.4, 0.5) is 0 Å². The lowest BCUT2D eigenvalue weighted by Crippen LogP contribution is -2.52. The summed E-state index contributed by atoms with van der Waals surface area (Å²) in [6.07, 6.45) is 3.28. The number of carbonyl (C=O) groups is 3. The molecule has 0 spiro atoms. The molecule has 4 N–H and O–H groups in total. The first-order chi connectivity index (χ1) is 10.4. The van der Waals surface area contributed by atoms with Gasteiger partial charge in [0.2, 0.25) is 11.8 Å². The van der Waals surface area contributed by atoms with Crippen molar-refractivity contribution >= 4 is 17.7 Å². The van der Waals surface area contributed by atoms with Gasteiger partial charge < -0.3 is 21.1 Å². The number of hydrogen-bond donors (Lipinski definition) is 4. The number of rotatable bonds is 11. The summed E-state index contributed by atoms with van der Waals surface area (Å²) in [5, 5.41) is 17.7. The van der Waals surface area contributed by atoms with Crippen LogP contribution in [-0.2, 0) is 14.4 Å². The quantitative estimate of drug-likeness (QED) is 0.382. The van der Waals surface area contributed by atoms with E-state index in [1.807, 2.05) is 0 Å². The molecule has 0 rings (SSSR count). The maximum atomic E-state index is 12.0. The van der Waals surface area contributed by atoms with E-state index in [1.54, 1.807) is 0 Å². The minimum atomic E-state index is -2.14. The van der Waals surface area contributed by atoms with Crippen LogP contribution in [0.25, 0.3) is 0 Å². The minimum Gasteiger partial charge on any atom is -0.379 e. The second-order valence-corrected chi connectivity index (χ2v) is 4.57. The third kappa shape index (κ3) is 7.39. The van der Waals surface area contributed by atoms with Crippen LogP contribution >= 0.6 is 0 Å². The Bertz CT molecular complexity index is 420. The molecule has 0 unspecified atom stereocenters. The molecule has 0 saturated heterocycles. The summed E-state index contributed by atoms with van der Waals surface area (Å²) >= 11 is 0. The first-order valence-electron chi connectivity index (χ1n) is 6.76. The highest BCUT2D eigenvalue weighted by molar-refractivity contribution is 5.95. The Labute approximate surface area is 130 Å². The van der Waals surface area contributed by atoms with Crippen molar-refractivity contribution in [2.24, 2.45) is 0 Å². The third-order valence-corrected chi connectivity index (χ3v) is 2.62. The Hall–Kier alpha value is -2.41. The van der Waals surface area contributed by atoms with Gasteiger partial charge in [0.05, 0.1) is 12.8 Å². The molecule has 0 aromatic carbocycles. The summed E-state index contributed by atoms with van der Waals surface area (Å²) < 4.78 is 0. The summed E-state index contributed by atoms with van der Waals surface area (Å²) in [6.45, 7) is 10.8. The van der Waals surface area contributed by atoms with Gasteiger partial charge in [-0.2, -0.15) is 0 Å². The Morgan fingerprint density at radius 1 is 0.818 bits per heavy atom. The van der Waals surface area contributed by atoms with Gasteiger partial charge in [0.25, 0.3) is 5.91 Å². The van der Waals surface area contributed by atoms with Gasteiger partial charge in [-0.15, -0.1) is 19.7 Å². The predicted molar refractivity (Wildman–Crippen MR) is 83.8 cm³/mol. The average Bonchev–Trinajstić information content (AvgIpc) is 2.48. The molecule has 122 valence electrons. The van der Waals surface area contributed by atoms with Crippen LogP contribution in [-0.4, -0.2) is 48.1 Å². The third-order valence-electron chi connectivity index (χ3n) is 2.62. The highest BCUT2D eigenvalue weighted by Crippen LogP contribution is 2.16. The van der Waals surface area contributed by atoms with Crippen LogP contribution in [0.5, 0.6) is 0 Å². The van der Waals surface area contributed by atoms with Crippen molar-refractivity contribution in [3.05, 3.63) is 38.0 Å². The summed E-state index contributed by atoms with van der Waals surface area (Å²) in [5.74, 6) is -1.93. The van der Waals surface area contributed by atoms with Gasteiger partial charge in [-0.25, -0.2) is 0 Å². The zero-order valence-corrected chi connectivity index (χ0v) is 12.6. The molecule has 0 aliphatic heterocycles. The minimum absolute atomic E-state index is 0.115. The van der Waals surface area contributed by atoms with Gasteiger partial charge in [-0.1, -0.05) is 18.2 Å². The van der Waals surface area contributed by atoms with E-state index in [4.69, 9.17) is 0 Å². The first kappa shape index (κ1) is 19.6. The Balaban J connectivity index is 4.93. The Morgan fingerprint density at radius 3 is 1.55 bits per heavy atom. The second-order valence-electron chi connectivity index (χ2n) is 4.57. The Kier molecular flexibility index (Phi) is 9.20. The van der Waals surface area contributed by atoms with Crippen molar-refractivity contribution in [2.75, 3.05) is 19.6 Å². The van der Waals surface area contributed by atoms with E-state index in [-0.39, 0.29) is 19.6 Å². The van der Waals surface area contributed by atoms with Gasteiger partial charge in [-0.3, -0.25) is 14.4 Å². The molecule has 0 heterocycles. The van der Waals surface area contributed by atoms with Crippen molar-refractivity contribution < 1.29 is 19.5 Å². The number of hydrogen-bond acceptors (Lipinski definition) is 4. The van der Waals surface area contributed by atoms with Crippen LogP contribution in [0.3, 0.4) is 0 Å². The SMILES string of the molecule is C=CCNC(=O)CC(O)(CC(=O)NCC=C)C(=O)NCC=C. The molecule has 7 nitrogen and oxygen atoms in total. The fourth-order valence-corrected chi connectivity index (χ4v) is 1.58. The van der Waals surface area contributed by atoms with E-state index >= 15 is 0 Å². The fourth-order valence-electron chi connectivity index (χ4n) is 1.58. The first-order valence-corrected chi connectivity index (χ1v) is 6.76. The number of aliphatic hydroxyl groups is 1. The van der Waals surface area contributed by atoms with Crippen molar-refractivity contribution in [3.63, 3.8) is 0 Å². The highest BCUT2D eigenvalue weighted by Gasteiger charge is 2.40. The van der Waals surface area contributed by atoms with Crippen LogP contribution < -0.4 is 16.0 Å². The summed E-state index contributed by atoms with van der Waals surface area (Å²) in [6, 6.07) is 0. The average molecular weight is 309 g/mol. The van der Waals surface area contributed by atoms with Gasteiger partial charge in [0.1, 0.15) is 0 Å². The van der Waals surface area contributed by atoms with Crippen LogP contribution in [0.2, 0.25) is 0 Å². The largest absolute Gasteiger partial charge is 0.379 e. The van der Waals surface area contributed by atoms with E-state index in [0.717, 1.165) is 0 Å². The van der Waals surface area contributed by atoms with Gasteiger partial charge in [0, 0.05) is 19.6 Å². The van der Waals surface area contributed by atoms with Crippen LogP contribution in [0.1, 0.15) is 12.8 Å². The maximum Gasteiger partial charge on any atom is 0.253 e. The van der Waals surface area contributed by atoms with Gasteiger partial charge in [-0.05, 0) is 0 Å². The van der Waals surface area contributed by atoms with Crippen molar-refractivity contribution in [2.45, 2.75) is 18.4 Å². The summed E-state index contributed by atoms with van der Waals surface area (Å²) in [5.41, 5.74) is -2.14. The standard InChI is InChI=1S/C15H23N3O4/c1-4-7-16-12(19)10-15(22,14(21)18-9-6-3)11-13(20)17-8-5-2/h4-6,22H,1-3,7-11H2,(H,16,19)(H,17,20)(H,18,21). The molecule has 0 aliphatic rings. The fraction of sp³-hybridized carbons (Fsp3) is 0.400. The van der Waals surface area contributed by atoms with Gasteiger partial charge >= 0.3 is 0 Å². The molecule has 0 bridgehead atoms. The molecule has 0 aromatic rings. The normalized spacial score (nSPS) is 10.2. The molecular weight excluding hydrogens is 286 g/mol. The molecular formula is C15H23N3O4. The van der Waals surface area contributed by atoms with E-state index in [2.05, 4.69) is 35.7 Å². The lowest BCUT2D eigenvalue weighted by atomic mass is 9.93. The van der Waals surface area contributed by atoms with Crippen molar-refractivity contribution in [1.29, 1.82) is 0 Å². The van der Waals surface area contributed by atoms with E-state index in [9.17, 15) is 19.5 Å². The number of amides is 3. The lowest BCUT2D eigenvalue weighted by Gasteiger charge is -2.25. The molecule has 22 heavy (non-hydrogen) atoms. The maximum absolute atomic E-state index is 12.0. The lowest BCUT2D eigenvalue weighted by molar-refractivity contribution is -0.149. The Morgan fingerprint density at radius 2 is 1.18 bits per heavy atom. The molecule has 0 fully saturated rings. The van der Waals surface area contributed by atoms with E-state index in [0.29, 0.717) is 0 Å². The smallest absolute Gasteiger partial charge is 0.253 e. The topological polar surface area (TPSA) is 108 Å². The zero-order valence-electron chi connectivity index (χ0n) is 12.6. The van der Waals surface area contributed by atoms with Crippen LogP contribution in [0.15, 0.2) is 38.0 Å². The zero-order chi connectivity index (χ0) is 17.0. The molecule has 7 heteroatoms. The number of carbonyl (C=O) groups excluding carboxylic acids is 3. The monoisotopic (exact) mass is 309 g/mol. The number of nitrogens with one attached hydrogen (secondary N) is 3. The van der Waals surface area contributed by atoms with Crippen molar-refractivity contribution in [1.82, 2.24) is 16.0 Å². The molecule has 3 amide bonds. The molecule has 0 aromatic heterocycles. The van der Waals surface area contributed by atoms with Crippen molar-refractivity contribution in [3.8, 4) is 0 Å². The molecule has 0 saturated carbocycles. The van der Waals surface area contributed by atoms with E-state index in [1.165, 1.54) is 18.2 Å². The molecule has 0 radical (unpaired) electrons. The summed E-state index contributed by atoms with van der Waals surface area (Å²) in [7, 11) is 0. The second kappa shape index (κ2) is 10.3.